The van der Waals surface area contributed by atoms with Crippen LogP contribution in [0.3, 0.4) is 0 Å². The number of carbonyl (C=O) groups is 1. The summed E-state index contributed by atoms with van der Waals surface area (Å²) >= 11 is 1.35. The molecule has 1 aromatic carbocycles. The molecule has 0 aliphatic carbocycles. The monoisotopic (exact) mass is 498 g/mol. The van der Waals surface area contributed by atoms with Gasteiger partial charge in [-0.15, -0.1) is 11.3 Å². The summed E-state index contributed by atoms with van der Waals surface area (Å²) in [5.74, 6) is 0.678. The predicted octanol–water partition coefficient (Wildman–Crippen LogP) is 4.39. The van der Waals surface area contributed by atoms with Gasteiger partial charge in [0.25, 0.3) is 15.9 Å². The summed E-state index contributed by atoms with van der Waals surface area (Å²) in [6.45, 7) is 7.89. The molecule has 4 heterocycles. The largest absolute Gasteiger partial charge is 0.345 e. The van der Waals surface area contributed by atoms with Gasteiger partial charge in [-0.1, -0.05) is 25.1 Å². The summed E-state index contributed by atoms with van der Waals surface area (Å²) in [5, 5.41) is 0.667. The number of rotatable bonds is 4. The van der Waals surface area contributed by atoms with E-state index in [-0.39, 0.29) is 10.8 Å². The van der Waals surface area contributed by atoms with Gasteiger partial charge in [-0.25, -0.2) is 13.4 Å². The van der Waals surface area contributed by atoms with Crippen molar-refractivity contribution < 1.29 is 13.2 Å². The molecule has 2 aromatic heterocycles. The van der Waals surface area contributed by atoms with Crippen LogP contribution in [0.15, 0.2) is 35.2 Å². The van der Waals surface area contributed by atoms with Crippen LogP contribution < -0.4 is 4.31 Å². The van der Waals surface area contributed by atoms with Crippen molar-refractivity contribution in [1.82, 2.24) is 14.5 Å². The van der Waals surface area contributed by atoms with Crippen molar-refractivity contribution in [3.05, 3.63) is 52.2 Å². The number of piperidine rings is 1. The summed E-state index contributed by atoms with van der Waals surface area (Å²) in [5.41, 5.74) is 3.86. The number of sulfonamides is 1. The van der Waals surface area contributed by atoms with Gasteiger partial charge in [0.2, 0.25) is 0 Å². The van der Waals surface area contributed by atoms with Crippen LogP contribution in [-0.4, -0.2) is 48.4 Å². The van der Waals surface area contributed by atoms with Crippen LogP contribution in [0.2, 0.25) is 0 Å². The van der Waals surface area contributed by atoms with Crippen LogP contribution in [0.4, 0.5) is 5.69 Å². The minimum absolute atomic E-state index is 0.0283. The first-order valence-electron chi connectivity index (χ1n) is 11.7. The fraction of sp³-hybridized carbons (Fsp3) is 0.440. The Morgan fingerprint density at radius 2 is 1.82 bits per heavy atom. The third-order valence-electron chi connectivity index (χ3n) is 7.18. The number of para-hydroxylation sites is 1. The number of hydrogen-bond donors (Lipinski definition) is 0. The number of likely N-dealkylation sites (tertiary alicyclic amines) is 1. The molecule has 5 rings (SSSR count). The lowest BCUT2D eigenvalue weighted by Gasteiger charge is -2.30. The van der Waals surface area contributed by atoms with Crippen molar-refractivity contribution in [2.24, 2.45) is 13.0 Å². The molecule has 0 N–H and O–H groups in total. The highest BCUT2D eigenvalue weighted by Crippen LogP contribution is 2.37. The van der Waals surface area contributed by atoms with E-state index in [0.717, 1.165) is 37.2 Å². The van der Waals surface area contributed by atoms with Gasteiger partial charge in [0, 0.05) is 32.4 Å². The number of fused-ring (bicyclic) bond motifs is 1. The molecule has 9 heteroatoms. The molecule has 3 aromatic rings. The van der Waals surface area contributed by atoms with Gasteiger partial charge in [0.15, 0.2) is 0 Å². The molecule has 7 nitrogen and oxygen atoms in total. The number of benzene rings is 1. The Hall–Kier alpha value is -2.65. The van der Waals surface area contributed by atoms with Crippen LogP contribution in [0.5, 0.6) is 0 Å². The zero-order valence-electron chi connectivity index (χ0n) is 20.0. The summed E-state index contributed by atoms with van der Waals surface area (Å²) in [6.07, 6.45) is 2.75. The molecule has 1 fully saturated rings. The second-order valence-electron chi connectivity index (χ2n) is 9.40. The van der Waals surface area contributed by atoms with Gasteiger partial charge >= 0.3 is 0 Å². The van der Waals surface area contributed by atoms with E-state index in [9.17, 15) is 13.2 Å². The number of anilines is 1. The maximum atomic E-state index is 13.7. The van der Waals surface area contributed by atoms with E-state index in [2.05, 4.69) is 11.9 Å². The summed E-state index contributed by atoms with van der Waals surface area (Å²) in [4.78, 5) is 20.7. The summed E-state index contributed by atoms with van der Waals surface area (Å²) in [7, 11) is -1.87. The molecule has 2 aliphatic heterocycles. The number of aromatic nitrogens is 2. The number of nitrogens with zero attached hydrogens (tertiary/aromatic N) is 4. The fourth-order valence-corrected chi connectivity index (χ4v) is 7.74. The van der Waals surface area contributed by atoms with Crippen LogP contribution in [0.1, 0.15) is 46.4 Å². The predicted molar refractivity (Wildman–Crippen MR) is 135 cm³/mol. The summed E-state index contributed by atoms with van der Waals surface area (Å²) < 4.78 is 30.7. The summed E-state index contributed by atoms with van der Waals surface area (Å²) in [6, 6.07) is 9.36. The lowest BCUT2D eigenvalue weighted by Crippen LogP contribution is -2.37. The maximum absolute atomic E-state index is 13.7. The van der Waals surface area contributed by atoms with E-state index in [0.29, 0.717) is 45.9 Å². The van der Waals surface area contributed by atoms with E-state index in [4.69, 9.17) is 0 Å². The molecule has 1 amide bonds. The molecular formula is C25H30N4O3S2. The van der Waals surface area contributed by atoms with Crippen molar-refractivity contribution in [1.29, 1.82) is 0 Å². The Morgan fingerprint density at radius 1 is 1.12 bits per heavy atom. The number of thiazole rings is 1. The Kier molecular flexibility index (Phi) is 5.80. The van der Waals surface area contributed by atoms with Gasteiger partial charge in [-0.3, -0.25) is 9.10 Å². The Labute approximate surface area is 205 Å². The SMILES string of the molecule is Cc1nc(-c2cc(S(=O)(=O)N3CCc4ccccc43)c(C)n2C)sc1C(=O)N1CCC(C)CC1. The van der Waals surface area contributed by atoms with Crippen molar-refractivity contribution in [2.45, 2.75) is 44.9 Å². The molecule has 0 spiro atoms. The zero-order chi connectivity index (χ0) is 24.2. The minimum Gasteiger partial charge on any atom is -0.345 e. The van der Waals surface area contributed by atoms with Gasteiger partial charge in [0.05, 0.1) is 17.1 Å². The molecule has 2 aliphatic rings. The average molecular weight is 499 g/mol. The molecule has 0 unspecified atom stereocenters. The van der Waals surface area contributed by atoms with Crippen molar-refractivity contribution in [3.63, 3.8) is 0 Å². The average Bonchev–Trinajstić information content (AvgIpc) is 3.50. The van der Waals surface area contributed by atoms with Crippen LogP contribution >= 0.6 is 11.3 Å². The highest BCUT2D eigenvalue weighted by molar-refractivity contribution is 7.93. The Balaban J connectivity index is 1.48. The first kappa shape index (κ1) is 23.1. The van der Waals surface area contributed by atoms with Crippen LogP contribution in [0.25, 0.3) is 10.7 Å². The third kappa shape index (κ3) is 3.75. The van der Waals surface area contributed by atoms with E-state index in [1.165, 1.54) is 15.6 Å². The fourth-order valence-electron chi connectivity index (χ4n) is 4.87. The van der Waals surface area contributed by atoms with Crippen molar-refractivity contribution in [2.75, 3.05) is 23.9 Å². The zero-order valence-corrected chi connectivity index (χ0v) is 21.7. The Morgan fingerprint density at radius 3 is 2.56 bits per heavy atom. The van der Waals surface area contributed by atoms with Crippen molar-refractivity contribution in [3.8, 4) is 10.7 Å². The minimum atomic E-state index is -3.72. The second-order valence-corrected chi connectivity index (χ2v) is 12.2. The standard InChI is InChI=1S/C25H30N4O3S2/c1-16-9-12-28(13-10-16)25(30)23-17(2)26-24(33-23)21-15-22(18(3)27(21)4)34(31,32)29-14-11-19-7-5-6-8-20(19)29/h5-8,15-16H,9-14H2,1-4H3. The first-order chi connectivity index (χ1) is 16.2. The molecule has 0 bridgehead atoms. The van der Waals surface area contributed by atoms with Crippen LogP contribution in [-0.2, 0) is 23.5 Å². The maximum Gasteiger partial charge on any atom is 0.266 e. The van der Waals surface area contributed by atoms with Gasteiger partial charge in [-0.05, 0) is 56.7 Å². The molecule has 180 valence electrons. The van der Waals surface area contributed by atoms with Gasteiger partial charge in [0.1, 0.15) is 14.8 Å². The normalized spacial score (nSPS) is 16.8. The number of hydrogen-bond acceptors (Lipinski definition) is 5. The molecular weight excluding hydrogens is 468 g/mol. The Bertz CT molecular complexity index is 1360. The highest BCUT2D eigenvalue weighted by Gasteiger charge is 2.34. The molecule has 0 saturated carbocycles. The van der Waals surface area contributed by atoms with Crippen molar-refractivity contribution >= 4 is 33.0 Å². The number of aryl methyl sites for hydroxylation is 1. The third-order valence-corrected chi connectivity index (χ3v) is 10.3. The first-order valence-corrected chi connectivity index (χ1v) is 14.0. The van der Waals surface area contributed by atoms with Gasteiger partial charge < -0.3 is 9.47 Å². The van der Waals surface area contributed by atoms with E-state index in [1.807, 2.05) is 54.6 Å². The quantitative estimate of drug-likeness (QED) is 0.535. The smallest absolute Gasteiger partial charge is 0.266 e. The highest BCUT2D eigenvalue weighted by atomic mass is 32.2. The van der Waals surface area contributed by atoms with E-state index in [1.54, 1.807) is 6.07 Å². The second kappa shape index (κ2) is 8.53. The number of amides is 1. The molecule has 0 radical (unpaired) electrons. The van der Waals surface area contributed by atoms with E-state index >= 15 is 0 Å². The molecule has 0 atom stereocenters. The van der Waals surface area contributed by atoms with Gasteiger partial charge in [-0.2, -0.15) is 0 Å². The number of carbonyl (C=O) groups excluding carboxylic acids is 1. The lowest BCUT2D eigenvalue weighted by molar-refractivity contribution is 0.0701. The molecule has 1 saturated heterocycles. The van der Waals surface area contributed by atoms with E-state index < -0.39 is 10.0 Å². The lowest BCUT2D eigenvalue weighted by atomic mass is 9.99. The van der Waals surface area contributed by atoms with Crippen LogP contribution in [0, 0.1) is 19.8 Å². The molecule has 34 heavy (non-hydrogen) atoms. The topological polar surface area (TPSA) is 75.5 Å².